The van der Waals surface area contributed by atoms with Gasteiger partial charge in [-0.3, -0.25) is 19.4 Å². The van der Waals surface area contributed by atoms with Crippen molar-refractivity contribution in [3.05, 3.63) is 12.7 Å². The van der Waals surface area contributed by atoms with Crippen LogP contribution in [-0.4, -0.2) is 85.4 Å². The van der Waals surface area contributed by atoms with Gasteiger partial charge < -0.3 is 10.2 Å². The number of nitrogens with zero attached hydrogens (tertiary/aromatic N) is 3. The SMILES string of the molecule is C=CCNC(=O)CN1CCN(C(=O)CN2CCCC2)CC1. The van der Waals surface area contributed by atoms with Crippen LogP contribution in [0, 0.1) is 0 Å². The Balaban J connectivity index is 1.66. The number of rotatable bonds is 6. The summed E-state index contributed by atoms with van der Waals surface area (Å²) in [6.07, 6.45) is 4.09. The average molecular weight is 294 g/mol. The number of likely N-dealkylation sites (tertiary alicyclic amines) is 1. The molecule has 0 aromatic rings. The molecule has 118 valence electrons. The maximum absolute atomic E-state index is 12.2. The Hall–Kier alpha value is -1.40. The standard InChI is InChI=1S/C15H26N4O2/c1-2-5-16-14(20)12-18-8-10-19(11-9-18)15(21)13-17-6-3-4-7-17/h2H,1,3-13H2,(H,16,20). The van der Waals surface area contributed by atoms with Crippen LogP contribution in [0.4, 0.5) is 0 Å². The molecule has 1 N–H and O–H groups in total. The van der Waals surface area contributed by atoms with E-state index >= 15 is 0 Å². The molecule has 21 heavy (non-hydrogen) atoms. The van der Waals surface area contributed by atoms with E-state index in [1.807, 2.05) is 4.90 Å². The van der Waals surface area contributed by atoms with Crippen molar-refractivity contribution in [2.75, 3.05) is 58.9 Å². The second-order valence-corrected chi connectivity index (χ2v) is 5.73. The number of nitrogens with one attached hydrogen (secondary N) is 1. The molecule has 2 saturated heterocycles. The third-order valence-corrected chi connectivity index (χ3v) is 4.09. The molecule has 0 aromatic carbocycles. The molecule has 2 aliphatic heterocycles. The van der Waals surface area contributed by atoms with Gasteiger partial charge in [-0.15, -0.1) is 6.58 Å². The van der Waals surface area contributed by atoms with Gasteiger partial charge in [-0.2, -0.15) is 0 Å². The Morgan fingerprint density at radius 3 is 2.19 bits per heavy atom. The number of piperazine rings is 1. The van der Waals surface area contributed by atoms with Crippen molar-refractivity contribution in [3.8, 4) is 0 Å². The highest BCUT2D eigenvalue weighted by atomic mass is 16.2. The average Bonchev–Trinajstić information content (AvgIpc) is 2.98. The summed E-state index contributed by atoms with van der Waals surface area (Å²) >= 11 is 0. The minimum atomic E-state index is 0.0201. The van der Waals surface area contributed by atoms with Gasteiger partial charge in [0.2, 0.25) is 11.8 Å². The molecule has 0 spiro atoms. The van der Waals surface area contributed by atoms with Crippen LogP contribution in [0.1, 0.15) is 12.8 Å². The molecule has 0 saturated carbocycles. The third kappa shape index (κ3) is 5.13. The van der Waals surface area contributed by atoms with E-state index in [0.717, 1.165) is 39.3 Å². The fourth-order valence-electron chi connectivity index (χ4n) is 2.83. The Bertz CT molecular complexity index is 372. The van der Waals surface area contributed by atoms with Crippen molar-refractivity contribution in [1.82, 2.24) is 20.0 Å². The van der Waals surface area contributed by atoms with Gasteiger partial charge in [0.1, 0.15) is 0 Å². The Morgan fingerprint density at radius 1 is 0.952 bits per heavy atom. The summed E-state index contributed by atoms with van der Waals surface area (Å²) in [6.45, 7) is 10.1. The van der Waals surface area contributed by atoms with Crippen molar-refractivity contribution < 1.29 is 9.59 Å². The zero-order valence-corrected chi connectivity index (χ0v) is 12.7. The first kappa shape index (κ1) is 16.0. The summed E-state index contributed by atoms with van der Waals surface area (Å²) < 4.78 is 0. The predicted octanol–water partition coefficient (Wildman–Crippen LogP) is -0.471. The maximum Gasteiger partial charge on any atom is 0.236 e. The minimum absolute atomic E-state index is 0.0201. The van der Waals surface area contributed by atoms with E-state index in [4.69, 9.17) is 0 Å². The molecular formula is C15H26N4O2. The third-order valence-electron chi connectivity index (χ3n) is 4.09. The highest BCUT2D eigenvalue weighted by Crippen LogP contribution is 2.08. The fraction of sp³-hybridized carbons (Fsp3) is 0.733. The molecule has 2 heterocycles. The molecule has 0 radical (unpaired) electrons. The van der Waals surface area contributed by atoms with Crippen LogP contribution in [0.3, 0.4) is 0 Å². The molecule has 0 aliphatic carbocycles. The van der Waals surface area contributed by atoms with Gasteiger partial charge in [-0.25, -0.2) is 0 Å². The molecule has 6 nitrogen and oxygen atoms in total. The largest absolute Gasteiger partial charge is 0.352 e. The normalized spacial score (nSPS) is 20.5. The molecule has 2 fully saturated rings. The summed E-state index contributed by atoms with van der Waals surface area (Å²) in [5.41, 5.74) is 0. The highest BCUT2D eigenvalue weighted by Gasteiger charge is 2.24. The second-order valence-electron chi connectivity index (χ2n) is 5.73. The molecule has 6 heteroatoms. The summed E-state index contributed by atoms with van der Waals surface area (Å²) in [5, 5.41) is 2.78. The topological polar surface area (TPSA) is 55.9 Å². The molecule has 0 bridgehead atoms. The smallest absolute Gasteiger partial charge is 0.236 e. The summed E-state index contributed by atoms with van der Waals surface area (Å²) in [7, 11) is 0. The van der Waals surface area contributed by atoms with E-state index in [9.17, 15) is 9.59 Å². The van der Waals surface area contributed by atoms with E-state index in [-0.39, 0.29) is 11.8 Å². The van der Waals surface area contributed by atoms with Gasteiger partial charge in [0.25, 0.3) is 0 Å². The zero-order valence-electron chi connectivity index (χ0n) is 12.7. The van der Waals surface area contributed by atoms with Gasteiger partial charge in [0.15, 0.2) is 0 Å². The van der Waals surface area contributed by atoms with Gasteiger partial charge in [-0.1, -0.05) is 6.08 Å². The van der Waals surface area contributed by atoms with Crippen LogP contribution in [-0.2, 0) is 9.59 Å². The van der Waals surface area contributed by atoms with Gasteiger partial charge in [-0.05, 0) is 25.9 Å². The molecule has 2 rings (SSSR count). The second kappa shape index (κ2) is 8.14. The van der Waals surface area contributed by atoms with Crippen molar-refractivity contribution in [2.45, 2.75) is 12.8 Å². The highest BCUT2D eigenvalue weighted by molar-refractivity contribution is 5.79. The zero-order chi connectivity index (χ0) is 15.1. The van der Waals surface area contributed by atoms with Gasteiger partial charge in [0, 0.05) is 32.7 Å². The van der Waals surface area contributed by atoms with Crippen LogP contribution in [0.15, 0.2) is 12.7 Å². The lowest BCUT2D eigenvalue weighted by Gasteiger charge is -2.35. The van der Waals surface area contributed by atoms with E-state index < -0.39 is 0 Å². The summed E-state index contributed by atoms with van der Waals surface area (Å²) in [6, 6.07) is 0. The predicted molar refractivity (Wildman–Crippen MR) is 81.9 cm³/mol. The quantitative estimate of drug-likeness (QED) is 0.673. The maximum atomic E-state index is 12.2. The van der Waals surface area contributed by atoms with Crippen LogP contribution < -0.4 is 5.32 Å². The first-order chi connectivity index (χ1) is 10.2. The van der Waals surface area contributed by atoms with Crippen LogP contribution >= 0.6 is 0 Å². The first-order valence-electron chi connectivity index (χ1n) is 7.79. The van der Waals surface area contributed by atoms with Crippen molar-refractivity contribution in [3.63, 3.8) is 0 Å². The molecule has 0 aromatic heterocycles. The summed E-state index contributed by atoms with van der Waals surface area (Å²) in [4.78, 5) is 30.1. The van der Waals surface area contributed by atoms with E-state index in [2.05, 4.69) is 21.7 Å². The van der Waals surface area contributed by atoms with Crippen molar-refractivity contribution >= 4 is 11.8 Å². The number of hydrogen-bond donors (Lipinski definition) is 1. The Morgan fingerprint density at radius 2 is 1.57 bits per heavy atom. The number of carbonyl (C=O) groups is 2. The first-order valence-corrected chi connectivity index (χ1v) is 7.79. The molecule has 0 atom stereocenters. The lowest BCUT2D eigenvalue weighted by Crippen LogP contribution is -2.52. The lowest BCUT2D eigenvalue weighted by atomic mass is 10.3. The Labute approximate surface area is 126 Å². The van der Waals surface area contributed by atoms with Crippen LogP contribution in [0.2, 0.25) is 0 Å². The fourth-order valence-corrected chi connectivity index (χ4v) is 2.83. The van der Waals surface area contributed by atoms with E-state index in [0.29, 0.717) is 19.6 Å². The Kier molecular flexibility index (Phi) is 6.20. The number of hydrogen-bond acceptors (Lipinski definition) is 4. The van der Waals surface area contributed by atoms with Crippen LogP contribution in [0.5, 0.6) is 0 Å². The van der Waals surface area contributed by atoms with E-state index in [1.165, 1.54) is 12.8 Å². The minimum Gasteiger partial charge on any atom is -0.352 e. The van der Waals surface area contributed by atoms with Gasteiger partial charge >= 0.3 is 0 Å². The van der Waals surface area contributed by atoms with E-state index in [1.54, 1.807) is 6.08 Å². The molecule has 2 aliphatic rings. The van der Waals surface area contributed by atoms with Crippen LogP contribution in [0.25, 0.3) is 0 Å². The lowest BCUT2D eigenvalue weighted by molar-refractivity contribution is -0.134. The van der Waals surface area contributed by atoms with Crippen molar-refractivity contribution in [2.24, 2.45) is 0 Å². The number of amides is 2. The summed E-state index contributed by atoms with van der Waals surface area (Å²) in [5.74, 6) is 0.249. The molecular weight excluding hydrogens is 268 g/mol. The van der Waals surface area contributed by atoms with Crippen molar-refractivity contribution in [1.29, 1.82) is 0 Å². The monoisotopic (exact) mass is 294 g/mol. The van der Waals surface area contributed by atoms with Gasteiger partial charge in [0.05, 0.1) is 13.1 Å². The number of carbonyl (C=O) groups excluding carboxylic acids is 2. The molecule has 2 amide bonds. The molecule has 0 unspecified atom stereocenters.